The van der Waals surface area contributed by atoms with Crippen LogP contribution in [0.3, 0.4) is 0 Å². The van der Waals surface area contributed by atoms with Gasteiger partial charge in [-0.1, -0.05) is 35.5 Å². The van der Waals surface area contributed by atoms with Crippen LogP contribution in [0.5, 0.6) is 0 Å². The summed E-state index contributed by atoms with van der Waals surface area (Å²) < 4.78 is 10.6. The average Bonchev–Trinajstić information content (AvgIpc) is 2.88. The van der Waals surface area contributed by atoms with E-state index < -0.39 is 5.54 Å². The first kappa shape index (κ1) is 14.7. The van der Waals surface area contributed by atoms with E-state index in [2.05, 4.69) is 22.3 Å². The summed E-state index contributed by atoms with van der Waals surface area (Å²) in [4.78, 5) is 4.21. The van der Waals surface area contributed by atoms with Crippen molar-refractivity contribution in [1.82, 2.24) is 10.1 Å². The molecular weight excluding hydrogens is 254 g/mol. The number of ether oxygens (including phenoxy) is 1. The van der Waals surface area contributed by atoms with E-state index in [4.69, 9.17) is 15.0 Å². The number of rotatable bonds is 7. The quantitative estimate of drug-likeness (QED) is 0.785. The van der Waals surface area contributed by atoms with E-state index in [-0.39, 0.29) is 0 Å². The predicted octanol–water partition coefficient (Wildman–Crippen LogP) is 2.41. The minimum atomic E-state index is -0.588. The molecule has 1 heterocycles. The van der Waals surface area contributed by atoms with Crippen LogP contribution in [0.2, 0.25) is 0 Å². The third kappa shape index (κ3) is 4.43. The second kappa shape index (κ2) is 6.63. The average molecular weight is 275 g/mol. The molecule has 0 atom stereocenters. The molecule has 0 aliphatic rings. The standard InChI is InChI=1S/C15H21N3O2/c1-15(2,16)14-17-13(20-18-14)11-19-10-6-9-12-7-4-3-5-8-12/h3-5,7-8H,6,9-11,16H2,1-2H3. The monoisotopic (exact) mass is 275 g/mol. The maximum atomic E-state index is 5.89. The lowest BCUT2D eigenvalue weighted by Crippen LogP contribution is -2.30. The van der Waals surface area contributed by atoms with Gasteiger partial charge in [0, 0.05) is 6.61 Å². The molecule has 0 spiro atoms. The molecule has 5 heteroatoms. The van der Waals surface area contributed by atoms with Gasteiger partial charge < -0.3 is 15.0 Å². The highest BCUT2D eigenvalue weighted by Crippen LogP contribution is 2.13. The van der Waals surface area contributed by atoms with Gasteiger partial charge in [0.05, 0.1) is 5.54 Å². The van der Waals surface area contributed by atoms with Crippen molar-refractivity contribution in [1.29, 1.82) is 0 Å². The van der Waals surface area contributed by atoms with Gasteiger partial charge in [-0.3, -0.25) is 0 Å². The molecule has 0 radical (unpaired) electrons. The van der Waals surface area contributed by atoms with Gasteiger partial charge in [0.1, 0.15) is 6.61 Å². The minimum absolute atomic E-state index is 0.331. The number of hydrogen-bond donors (Lipinski definition) is 1. The topological polar surface area (TPSA) is 74.2 Å². The van der Waals surface area contributed by atoms with Gasteiger partial charge in [-0.05, 0) is 32.3 Å². The van der Waals surface area contributed by atoms with Gasteiger partial charge in [-0.15, -0.1) is 0 Å². The van der Waals surface area contributed by atoms with Crippen molar-refractivity contribution in [3.05, 3.63) is 47.6 Å². The highest BCUT2D eigenvalue weighted by Gasteiger charge is 2.21. The zero-order valence-corrected chi connectivity index (χ0v) is 12.0. The van der Waals surface area contributed by atoms with Gasteiger partial charge in [0.15, 0.2) is 5.82 Å². The summed E-state index contributed by atoms with van der Waals surface area (Å²) in [5, 5.41) is 3.84. The van der Waals surface area contributed by atoms with E-state index in [9.17, 15) is 0 Å². The summed E-state index contributed by atoms with van der Waals surface area (Å²) in [5.41, 5.74) is 6.62. The van der Waals surface area contributed by atoms with Crippen molar-refractivity contribution in [2.75, 3.05) is 6.61 Å². The van der Waals surface area contributed by atoms with Crippen LogP contribution in [0.1, 0.15) is 37.5 Å². The maximum Gasteiger partial charge on any atom is 0.252 e. The molecular formula is C15H21N3O2. The number of nitrogens with two attached hydrogens (primary N) is 1. The van der Waals surface area contributed by atoms with E-state index in [1.54, 1.807) is 0 Å². The molecule has 5 nitrogen and oxygen atoms in total. The zero-order chi connectivity index (χ0) is 14.4. The Morgan fingerprint density at radius 1 is 1.25 bits per heavy atom. The van der Waals surface area contributed by atoms with E-state index in [0.29, 0.717) is 24.9 Å². The van der Waals surface area contributed by atoms with Crippen LogP contribution in [-0.2, 0) is 23.3 Å². The smallest absolute Gasteiger partial charge is 0.252 e. The fourth-order valence-corrected chi connectivity index (χ4v) is 1.76. The molecule has 0 amide bonds. The Morgan fingerprint density at radius 3 is 2.65 bits per heavy atom. The highest BCUT2D eigenvalue weighted by molar-refractivity contribution is 5.14. The second-order valence-corrected chi connectivity index (χ2v) is 5.38. The van der Waals surface area contributed by atoms with Gasteiger partial charge in [-0.2, -0.15) is 4.98 Å². The van der Waals surface area contributed by atoms with Crippen molar-refractivity contribution in [2.45, 2.75) is 38.8 Å². The lowest BCUT2D eigenvalue weighted by atomic mass is 10.1. The van der Waals surface area contributed by atoms with Crippen molar-refractivity contribution >= 4 is 0 Å². The number of aryl methyl sites for hydroxylation is 1. The van der Waals surface area contributed by atoms with Crippen LogP contribution in [0.15, 0.2) is 34.9 Å². The maximum absolute atomic E-state index is 5.89. The minimum Gasteiger partial charge on any atom is -0.372 e. The second-order valence-electron chi connectivity index (χ2n) is 5.38. The summed E-state index contributed by atoms with van der Waals surface area (Å²) in [6.07, 6.45) is 1.97. The van der Waals surface area contributed by atoms with Crippen LogP contribution in [0.25, 0.3) is 0 Å². The van der Waals surface area contributed by atoms with Crippen LogP contribution in [-0.4, -0.2) is 16.7 Å². The van der Waals surface area contributed by atoms with Gasteiger partial charge >= 0.3 is 0 Å². The Kier molecular flexibility index (Phi) is 4.87. The molecule has 0 unspecified atom stereocenters. The molecule has 2 aromatic rings. The summed E-state index contributed by atoms with van der Waals surface area (Å²) >= 11 is 0. The normalized spacial score (nSPS) is 11.8. The predicted molar refractivity (Wildman–Crippen MR) is 75.9 cm³/mol. The van der Waals surface area contributed by atoms with Crippen LogP contribution >= 0.6 is 0 Å². The van der Waals surface area contributed by atoms with Crippen LogP contribution < -0.4 is 5.73 Å². The Balaban J connectivity index is 1.67. The SMILES string of the molecule is CC(C)(N)c1noc(COCCCc2ccccc2)n1. The molecule has 0 aliphatic carbocycles. The molecule has 1 aromatic carbocycles. The van der Waals surface area contributed by atoms with Gasteiger partial charge in [0.25, 0.3) is 5.89 Å². The summed E-state index contributed by atoms with van der Waals surface area (Å²) in [7, 11) is 0. The van der Waals surface area contributed by atoms with Crippen molar-refractivity contribution in [3.63, 3.8) is 0 Å². The van der Waals surface area contributed by atoms with Crippen LogP contribution in [0.4, 0.5) is 0 Å². The first-order valence-electron chi connectivity index (χ1n) is 6.79. The fraction of sp³-hybridized carbons (Fsp3) is 0.467. The zero-order valence-electron chi connectivity index (χ0n) is 12.0. The largest absolute Gasteiger partial charge is 0.372 e. The van der Waals surface area contributed by atoms with Gasteiger partial charge in [0.2, 0.25) is 0 Å². The summed E-state index contributed by atoms with van der Waals surface area (Å²) in [5.74, 6) is 0.971. The first-order chi connectivity index (χ1) is 9.55. The first-order valence-corrected chi connectivity index (χ1v) is 6.79. The van der Waals surface area contributed by atoms with Crippen molar-refractivity contribution < 1.29 is 9.26 Å². The van der Waals surface area contributed by atoms with Crippen molar-refractivity contribution in [2.24, 2.45) is 5.73 Å². The van der Waals surface area contributed by atoms with E-state index in [1.807, 2.05) is 32.0 Å². The lowest BCUT2D eigenvalue weighted by molar-refractivity contribution is 0.0958. The molecule has 1 aromatic heterocycles. The number of hydrogen-bond acceptors (Lipinski definition) is 5. The molecule has 20 heavy (non-hydrogen) atoms. The Labute approximate surface area is 119 Å². The highest BCUT2D eigenvalue weighted by atomic mass is 16.5. The summed E-state index contributed by atoms with van der Waals surface area (Å²) in [6.45, 7) is 4.67. The Bertz CT molecular complexity index is 517. The Morgan fingerprint density at radius 2 is 2.00 bits per heavy atom. The molecule has 0 saturated carbocycles. The van der Waals surface area contributed by atoms with E-state index >= 15 is 0 Å². The van der Waals surface area contributed by atoms with Crippen molar-refractivity contribution in [3.8, 4) is 0 Å². The van der Waals surface area contributed by atoms with E-state index in [1.165, 1.54) is 5.56 Å². The molecule has 0 fully saturated rings. The molecule has 0 saturated heterocycles. The molecule has 0 aliphatic heterocycles. The number of benzene rings is 1. The third-order valence-electron chi connectivity index (χ3n) is 2.87. The molecule has 2 rings (SSSR count). The molecule has 0 bridgehead atoms. The Hall–Kier alpha value is -1.72. The molecule has 108 valence electrons. The number of aromatic nitrogens is 2. The van der Waals surface area contributed by atoms with E-state index in [0.717, 1.165) is 12.8 Å². The lowest BCUT2D eigenvalue weighted by Gasteiger charge is -2.11. The molecule has 2 N–H and O–H groups in total. The van der Waals surface area contributed by atoms with Gasteiger partial charge in [-0.25, -0.2) is 0 Å². The summed E-state index contributed by atoms with van der Waals surface area (Å²) in [6, 6.07) is 10.3. The fourth-order valence-electron chi connectivity index (χ4n) is 1.76. The number of nitrogens with zero attached hydrogens (tertiary/aromatic N) is 2. The third-order valence-corrected chi connectivity index (χ3v) is 2.87. The van der Waals surface area contributed by atoms with Crippen LogP contribution in [0, 0.1) is 0 Å².